The van der Waals surface area contributed by atoms with Crippen molar-refractivity contribution in [2.24, 2.45) is 0 Å². The van der Waals surface area contributed by atoms with Crippen LogP contribution in [0.2, 0.25) is 0 Å². The van der Waals surface area contributed by atoms with E-state index >= 15 is 0 Å². The zero-order valence-electron chi connectivity index (χ0n) is 14.5. The monoisotopic (exact) mass is 345 g/mol. The second-order valence-corrected chi connectivity index (χ2v) is 6.55. The van der Waals surface area contributed by atoms with Crippen LogP contribution in [0.4, 0.5) is 5.69 Å². The maximum Gasteiger partial charge on any atom is 0.264 e. The van der Waals surface area contributed by atoms with Gasteiger partial charge in [0.25, 0.3) is 5.91 Å². The molecule has 0 radical (unpaired) electrons. The van der Waals surface area contributed by atoms with Gasteiger partial charge in [-0.3, -0.25) is 9.59 Å². The lowest BCUT2D eigenvalue weighted by Gasteiger charge is -2.22. The summed E-state index contributed by atoms with van der Waals surface area (Å²) in [6, 6.07) is 20.3. The van der Waals surface area contributed by atoms with Crippen LogP contribution in [0, 0.1) is 0 Å². The Balaban J connectivity index is 1.77. The molecule has 1 heterocycles. The number of Topliss-reactive ketones (excluding diaryl/α,β-unsaturated/α-hetero) is 1. The molecule has 4 heteroatoms. The lowest BCUT2D eigenvalue weighted by atomic mass is 9.87. The number of nitrogens with zero attached hydrogens (tertiary/aromatic N) is 1. The van der Waals surface area contributed by atoms with E-state index in [2.05, 4.69) is 0 Å². The fourth-order valence-corrected chi connectivity index (χ4v) is 3.79. The quantitative estimate of drug-likeness (QED) is 0.734. The van der Waals surface area contributed by atoms with Gasteiger partial charge in [0.1, 0.15) is 0 Å². The molecule has 26 heavy (non-hydrogen) atoms. The third-order valence-electron chi connectivity index (χ3n) is 5.06. The highest BCUT2D eigenvalue weighted by Gasteiger charge is 2.50. The van der Waals surface area contributed by atoms with Crippen LogP contribution in [-0.2, 0) is 10.4 Å². The molecule has 3 aromatic carbocycles. The first-order valence-corrected chi connectivity index (χ1v) is 8.71. The van der Waals surface area contributed by atoms with Gasteiger partial charge in [-0.2, -0.15) is 0 Å². The molecule has 0 fully saturated rings. The number of rotatable bonds is 4. The Hall–Kier alpha value is -2.98. The summed E-state index contributed by atoms with van der Waals surface area (Å²) >= 11 is 0. The van der Waals surface area contributed by atoms with Crippen molar-refractivity contribution in [3.63, 3.8) is 0 Å². The number of likely N-dealkylation sites (N-methyl/N-ethyl adjacent to an activating group) is 1. The Kier molecular flexibility index (Phi) is 3.85. The summed E-state index contributed by atoms with van der Waals surface area (Å²) in [6.45, 7) is 2.30. The van der Waals surface area contributed by atoms with Crippen LogP contribution >= 0.6 is 0 Å². The van der Waals surface area contributed by atoms with E-state index in [9.17, 15) is 14.7 Å². The molecule has 1 aliphatic rings. The van der Waals surface area contributed by atoms with E-state index in [1.807, 2.05) is 49.4 Å². The minimum absolute atomic E-state index is 0.245. The largest absolute Gasteiger partial charge is 0.375 e. The molecule has 1 N–H and O–H groups in total. The second-order valence-electron chi connectivity index (χ2n) is 6.55. The van der Waals surface area contributed by atoms with Gasteiger partial charge in [-0.1, -0.05) is 60.7 Å². The number of anilines is 1. The van der Waals surface area contributed by atoms with Gasteiger partial charge in [0.2, 0.25) is 0 Å². The van der Waals surface area contributed by atoms with Gasteiger partial charge in [-0.25, -0.2) is 0 Å². The summed E-state index contributed by atoms with van der Waals surface area (Å²) in [5, 5.41) is 13.0. The molecule has 1 aliphatic heterocycles. The zero-order valence-corrected chi connectivity index (χ0v) is 14.5. The van der Waals surface area contributed by atoms with E-state index in [-0.39, 0.29) is 12.2 Å². The molecule has 1 amide bonds. The third kappa shape index (κ3) is 2.34. The third-order valence-corrected chi connectivity index (χ3v) is 5.06. The summed E-state index contributed by atoms with van der Waals surface area (Å²) in [4.78, 5) is 27.4. The van der Waals surface area contributed by atoms with Gasteiger partial charge in [0, 0.05) is 17.7 Å². The van der Waals surface area contributed by atoms with Gasteiger partial charge < -0.3 is 10.0 Å². The van der Waals surface area contributed by atoms with Crippen LogP contribution < -0.4 is 4.90 Å². The molecule has 0 aromatic heterocycles. The molecule has 0 aliphatic carbocycles. The number of benzene rings is 3. The van der Waals surface area contributed by atoms with Gasteiger partial charge in [0.15, 0.2) is 11.4 Å². The molecule has 4 rings (SSSR count). The zero-order chi connectivity index (χ0) is 18.3. The number of aliphatic hydroxyl groups is 1. The van der Waals surface area contributed by atoms with Crippen molar-refractivity contribution < 1.29 is 14.7 Å². The number of amides is 1. The van der Waals surface area contributed by atoms with E-state index in [4.69, 9.17) is 0 Å². The van der Waals surface area contributed by atoms with E-state index in [0.717, 1.165) is 10.8 Å². The molecule has 0 bridgehead atoms. The van der Waals surface area contributed by atoms with Crippen molar-refractivity contribution in [2.45, 2.75) is 18.9 Å². The van der Waals surface area contributed by atoms with Crippen molar-refractivity contribution >= 4 is 28.2 Å². The van der Waals surface area contributed by atoms with Crippen LogP contribution in [0.1, 0.15) is 29.3 Å². The number of ketones is 1. The Morgan fingerprint density at radius 2 is 1.69 bits per heavy atom. The maximum absolute atomic E-state index is 13.0. The van der Waals surface area contributed by atoms with Gasteiger partial charge in [-0.15, -0.1) is 0 Å². The molecule has 0 saturated carbocycles. The Morgan fingerprint density at radius 1 is 1.00 bits per heavy atom. The maximum atomic E-state index is 13.0. The van der Waals surface area contributed by atoms with E-state index in [1.54, 1.807) is 24.3 Å². The lowest BCUT2D eigenvalue weighted by Crippen LogP contribution is -2.41. The van der Waals surface area contributed by atoms with Crippen LogP contribution in [-0.4, -0.2) is 23.3 Å². The predicted molar refractivity (Wildman–Crippen MR) is 101 cm³/mol. The Bertz CT molecular complexity index is 1020. The highest BCUT2D eigenvalue weighted by Crippen LogP contribution is 2.42. The first-order chi connectivity index (χ1) is 12.6. The predicted octanol–water partition coefficient (Wildman–Crippen LogP) is 3.67. The molecule has 130 valence electrons. The lowest BCUT2D eigenvalue weighted by molar-refractivity contribution is -0.135. The molecular formula is C22H19NO3. The normalized spacial score (nSPS) is 19.0. The summed E-state index contributed by atoms with van der Waals surface area (Å²) < 4.78 is 0. The van der Waals surface area contributed by atoms with Crippen LogP contribution in [0.5, 0.6) is 0 Å². The summed E-state index contributed by atoms with van der Waals surface area (Å²) in [6.07, 6.45) is -0.270. The molecule has 1 unspecified atom stereocenters. The van der Waals surface area contributed by atoms with E-state index in [1.165, 1.54) is 4.90 Å². The molecule has 0 saturated heterocycles. The van der Waals surface area contributed by atoms with Crippen LogP contribution in [0.3, 0.4) is 0 Å². The number of carbonyl (C=O) groups is 2. The average molecular weight is 345 g/mol. The number of para-hydroxylation sites is 1. The Labute approximate surface area is 151 Å². The van der Waals surface area contributed by atoms with Crippen molar-refractivity contribution in [1.82, 2.24) is 0 Å². The highest BCUT2D eigenvalue weighted by atomic mass is 16.3. The van der Waals surface area contributed by atoms with E-state index < -0.39 is 11.5 Å². The van der Waals surface area contributed by atoms with E-state index in [0.29, 0.717) is 23.4 Å². The van der Waals surface area contributed by atoms with Crippen molar-refractivity contribution in [1.29, 1.82) is 0 Å². The van der Waals surface area contributed by atoms with Crippen molar-refractivity contribution in [3.8, 4) is 0 Å². The molecule has 1 atom stereocenters. The number of fused-ring (bicyclic) bond motifs is 2. The van der Waals surface area contributed by atoms with Crippen molar-refractivity contribution in [2.75, 3.05) is 11.4 Å². The first-order valence-electron chi connectivity index (χ1n) is 8.71. The molecule has 4 nitrogen and oxygen atoms in total. The fourth-order valence-electron chi connectivity index (χ4n) is 3.79. The highest BCUT2D eigenvalue weighted by molar-refractivity contribution is 6.13. The fraction of sp³-hybridized carbons (Fsp3) is 0.182. The Morgan fingerprint density at radius 3 is 2.50 bits per heavy atom. The van der Waals surface area contributed by atoms with Crippen LogP contribution in [0.15, 0.2) is 66.7 Å². The SMILES string of the molecule is CCN1C(=O)C(O)(CC(=O)c2cccc3ccccc23)c2ccccc21. The standard InChI is InChI=1S/C22H19NO3/c1-2-23-19-13-6-5-12-18(19)22(26,21(23)25)14-20(24)17-11-7-9-15-8-3-4-10-16(15)17/h3-13,26H,2,14H2,1H3. The summed E-state index contributed by atoms with van der Waals surface area (Å²) in [7, 11) is 0. The number of hydrogen-bond donors (Lipinski definition) is 1. The topological polar surface area (TPSA) is 57.6 Å². The first kappa shape index (κ1) is 16.5. The minimum Gasteiger partial charge on any atom is -0.375 e. The number of carbonyl (C=O) groups excluding carboxylic acids is 2. The van der Waals surface area contributed by atoms with Gasteiger partial charge in [-0.05, 0) is 23.8 Å². The van der Waals surface area contributed by atoms with Gasteiger partial charge in [0.05, 0.1) is 12.1 Å². The average Bonchev–Trinajstić information content (AvgIpc) is 2.88. The number of hydrogen-bond acceptors (Lipinski definition) is 3. The van der Waals surface area contributed by atoms with Crippen molar-refractivity contribution in [3.05, 3.63) is 77.9 Å². The van der Waals surface area contributed by atoms with Gasteiger partial charge >= 0.3 is 0 Å². The summed E-state index contributed by atoms with van der Waals surface area (Å²) in [5.41, 5.74) is -0.119. The molecular weight excluding hydrogens is 326 g/mol. The summed E-state index contributed by atoms with van der Waals surface area (Å²) in [5.74, 6) is -0.680. The second kappa shape index (κ2) is 6.07. The van der Waals surface area contributed by atoms with Crippen LogP contribution in [0.25, 0.3) is 10.8 Å². The minimum atomic E-state index is -1.82. The smallest absolute Gasteiger partial charge is 0.264 e. The molecule has 3 aromatic rings. The molecule has 0 spiro atoms.